The molecule has 256 valence electrons. The highest BCUT2D eigenvalue weighted by Gasteiger charge is 2.58. The molecular weight excluding hydrogens is 674 g/mol. The van der Waals surface area contributed by atoms with Gasteiger partial charge in [0.25, 0.3) is 17.9 Å². The monoisotopic (exact) mass is 705 g/mol. The molecule has 3 aromatic rings. The van der Waals surface area contributed by atoms with E-state index < -0.39 is 58.2 Å². The van der Waals surface area contributed by atoms with Gasteiger partial charge < -0.3 is 36.4 Å². The van der Waals surface area contributed by atoms with Crippen LogP contribution >= 0.6 is 11.3 Å². The molecule has 0 spiro atoms. The molecule has 1 aliphatic heterocycles. The number of carbonyl (C=O) groups is 3. The number of pyridine rings is 1. The van der Waals surface area contributed by atoms with Gasteiger partial charge >= 0.3 is 16.4 Å². The number of fused-ring (bicyclic) bond motifs is 1. The molecular formula is C27H31N9O10S2. The fraction of sp³-hybridized carbons (Fsp3) is 0.296. The molecule has 48 heavy (non-hydrogen) atoms. The normalized spacial score (nSPS) is 17.1. The van der Waals surface area contributed by atoms with Crippen LogP contribution in [0.2, 0.25) is 0 Å². The number of carboxylic acids is 1. The lowest BCUT2D eigenvalue weighted by Gasteiger charge is -2.50. The standard InChI is InChI=1S/C27H31N9O10S2/c1-27(2)22(24(38)36(27)46-48(41,42)43)34-23(37)21(17-13-47-26(28)32-17)35-45-18(25(39)40)12-44-15-6-7-16-14(11-15)5-8-20(31-16)33-19(30-4)9-10-29-3/h5-11,13,18,22,30H,12H2,1-4H3,(H2,28,32)(H,31,33)(H,34,37)(H,39,40)(H,41,42,43)/b19-9+,29-10+,35-21-/t18-,22+/m0/s1. The fourth-order valence-electron chi connectivity index (χ4n) is 4.19. The molecule has 21 heteroatoms. The lowest BCUT2D eigenvalue weighted by Crippen LogP contribution is -2.76. The van der Waals surface area contributed by atoms with Gasteiger partial charge in [-0.2, -0.15) is 13.5 Å². The first kappa shape index (κ1) is 35.5. The van der Waals surface area contributed by atoms with Crippen molar-refractivity contribution in [2.45, 2.75) is 31.5 Å². The summed E-state index contributed by atoms with van der Waals surface area (Å²) in [5.74, 6) is -1.97. The minimum absolute atomic E-state index is 0.0509. The van der Waals surface area contributed by atoms with E-state index in [4.69, 9.17) is 19.9 Å². The number of oxime groups is 1. The van der Waals surface area contributed by atoms with Crippen LogP contribution in [0.15, 0.2) is 57.8 Å². The number of amides is 2. The van der Waals surface area contributed by atoms with E-state index in [1.54, 1.807) is 56.7 Å². The number of carbonyl (C=O) groups excluding carboxylic acids is 2. The number of nitrogens with two attached hydrogens (primary N) is 1. The minimum atomic E-state index is -5.02. The Morgan fingerprint density at radius 3 is 2.60 bits per heavy atom. The van der Waals surface area contributed by atoms with E-state index in [0.29, 0.717) is 33.4 Å². The summed E-state index contributed by atoms with van der Waals surface area (Å²) in [6.45, 7) is 2.18. The van der Waals surface area contributed by atoms with Crippen molar-refractivity contribution in [1.82, 2.24) is 25.7 Å². The molecule has 0 saturated carbocycles. The van der Waals surface area contributed by atoms with E-state index in [-0.39, 0.29) is 10.8 Å². The molecule has 1 saturated heterocycles. The summed E-state index contributed by atoms with van der Waals surface area (Å²) < 4.78 is 41.1. The Balaban J connectivity index is 1.47. The molecule has 3 heterocycles. The fourth-order valence-corrected chi connectivity index (χ4v) is 5.19. The summed E-state index contributed by atoms with van der Waals surface area (Å²) in [6.07, 6.45) is 1.65. The smallest absolute Gasteiger partial charge is 0.418 e. The summed E-state index contributed by atoms with van der Waals surface area (Å²) >= 11 is 0.952. The van der Waals surface area contributed by atoms with Crippen molar-refractivity contribution in [1.29, 1.82) is 0 Å². The Morgan fingerprint density at radius 1 is 1.25 bits per heavy atom. The van der Waals surface area contributed by atoms with Crippen molar-refractivity contribution in [2.75, 3.05) is 31.8 Å². The zero-order valence-corrected chi connectivity index (χ0v) is 27.4. The van der Waals surface area contributed by atoms with Crippen LogP contribution in [0, 0.1) is 0 Å². The van der Waals surface area contributed by atoms with Crippen molar-refractivity contribution in [3.05, 3.63) is 53.3 Å². The second kappa shape index (κ2) is 14.6. The Bertz CT molecular complexity index is 1910. The lowest BCUT2D eigenvalue weighted by atomic mass is 9.84. The van der Waals surface area contributed by atoms with Crippen LogP contribution in [0.4, 0.5) is 10.9 Å². The van der Waals surface area contributed by atoms with Crippen molar-refractivity contribution in [3.8, 4) is 5.75 Å². The predicted molar refractivity (Wildman–Crippen MR) is 173 cm³/mol. The van der Waals surface area contributed by atoms with Crippen LogP contribution in [0.5, 0.6) is 5.75 Å². The maximum Gasteiger partial charge on any atom is 0.418 e. The number of benzene rings is 1. The number of aliphatic imine (C=N–C) groups is 1. The minimum Gasteiger partial charge on any atom is -0.489 e. The average molecular weight is 706 g/mol. The Hall–Kier alpha value is -5.38. The van der Waals surface area contributed by atoms with Gasteiger partial charge in [-0.1, -0.05) is 5.16 Å². The molecule has 2 amide bonds. The summed E-state index contributed by atoms with van der Waals surface area (Å²) in [5.41, 5.74) is 4.26. The molecule has 2 aromatic heterocycles. The van der Waals surface area contributed by atoms with Crippen LogP contribution in [0.3, 0.4) is 0 Å². The quantitative estimate of drug-likeness (QED) is 0.0545. The third-order valence-electron chi connectivity index (χ3n) is 6.63. The number of nitrogens with zero attached hydrogens (tertiary/aromatic N) is 5. The van der Waals surface area contributed by atoms with Gasteiger partial charge in [-0.25, -0.2) is 14.8 Å². The molecule has 0 radical (unpaired) electrons. The van der Waals surface area contributed by atoms with Gasteiger partial charge in [0.05, 0.1) is 11.1 Å². The van der Waals surface area contributed by atoms with E-state index >= 15 is 0 Å². The van der Waals surface area contributed by atoms with E-state index in [0.717, 1.165) is 11.3 Å². The number of allylic oxidation sites excluding steroid dienone is 1. The van der Waals surface area contributed by atoms with Crippen LogP contribution < -0.4 is 26.4 Å². The Labute approximate surface area is 277 Å². The first-order valence-corrected chi connectivity index (χ1v) is 16.0. The number of ether oxygens (including phenoxy) is 1. The van der Waals surface area contributed by atoms with Gasteiger partial charge in [-0.15, -0.1) is 15.6 Å². The largest absolute Gasteiger partial charge is 0.489 e. The zero-order valence-electron chi connectivity index (χ0n) is 25.8. The molecule has 1 aliphatic rings. The molecule has 7 N–H and O–H groups in total. The number of β-lactam (4-membered cyclic amide) rings is 1. The average Bonchev–Trinajstić information content (AvgIpc) is 3.46. The summed E-state index contributed by atoms with van der Waals surface area (Å²) in [7, 11) is -1.63. The van der Waals surface area contributed by atoms with Gasteiger partial charge in [0, 0.05) is 31.1 Å². The van der Waals surface area contributed by atoms with Gasteiger partial charge in [0.1, 0.15) is 35.7 Å². The summed E-state index contributed by atoms with van der Waals surface area (Å²) in [5, 5.41) is 24.4. The van der Waals surface area contributed by atoms with Crippen molar-refractivity contribution >= 4 is 73.3 Å². The molecule has 2 atom stereocenters. The van der Waals surface area contributed by atoms with Gasteiger partial charge in [-0.05, 0) is 50.3 Å². The number of nitrogen functional groups attached to an aromatic ring is 1. The van der Waals surface area contributed by atoms with E-state index in [1.165, 1.54) is 19.2 Å². The van der Waals surface area contributed by atoms with Crippen LogP contribution in [0.25, 0.3) is 10.9 Å². The van der Waals surface area contributed by atoms with Crippen molar-refractivity contribution in [3.63, 3.8) is 0 Å². The zero-order chi connectivity index (χ0) is 35.2. The second-order valence-electron chi connectivity index (χ2n) is 10.4. The first-order chi connectivity index (χ1) is 22.6. The first-order valence-electron chi connectivity index (χ1n) is 13.7. The van der Waals surface area contributed by atoms with Gasteiger partial charge in [-0.3, -0.25) is 19.1 Å². The molecule has 0 unspecified atom stereocenters. The highest BCUT2D eigenvalue weighted by atomic mass is 32.3. The number of thiazole rings is 1. The lowest BCUT2D eigenvalue weighted by molar-refractivity contribution is -0.218. The van der Waals surface area contributed by atoms with Crippen LogP contribution in [-0.4, -0.2) is 101 Å². The van der Waals surface area contributed by atoms with Gasteiger partial charge in [0.2, 0.25) is 0 Å². The summed E-state index contributed by atoms with van der Waals surface area (Å²) in [4.78, 5) is 55.4. The third kappa shape index (κ3) is 8.50. The number of hydrogen-bond acceptors (Lipinski definition) is 16. The highest BCUT2D eigenvalue weighted by molar-refractivity contribution is 7.80. The third-order valence-corrected chi connectivity index (χ3v) is 7.64. The SMILES string of the molecule is C/N=C/C=C(\NC)Nc1ccc2cc(OC[C@H](O/N=C(\C(=O)N[C@@H]3C(=O)N(OS(=O)(=O)O)C3(C)C)c3csc(N)n3)C(=O)O)ccc2n1. The Kier molecular flexibility index (Phi) is 10.8. The predicted octanol–water partition coefficient (Wildman–Crippen LogP) is 0.540. The topological polar surface area (TPSA) is 269 Å². The van der Waals surface area contributed by atoms with Gasteiger partial charge in [0.15, 0.2) is 10.8 Å². The number of rotatable bonds is 15. The molecule has 19 nitrogen and oxygen atoms in total. The number of carboxylic acid groups (broad SMARTS) is 1. The molecule has 0 aliphatic carbocycles. The molecule has 1 fully saturated rings. The number of hydroxylamine groups is 2. The molecule has 0 bridgehead atoms. The Morgan fingerprint density at radius 2 is 2.00 bits per heavy atom. The number of hydrogen-bond donors (Lipinski definition) is 6. The van der Waals surface area contributed by atoms with E-state index in [9.17, 15) is 27.9 Å². The molecule has 4 rings (SSSR count). The van der Waals surface area contributed by atoms with Crippen molar-refractivity contribution in [2.24, 2.45) is 10.1 Å². The number of aliphatic carboxylic acids is 1. The second-order valence-corrected chi connectivity index (χ2v) is 12.3. The summed E-state index contributed by atoms with van der Waals surface area (Å²) in [6, 6.07) is 7.12. The number of nitrogens with one attached hydrogen (secondary N) is 3. The molecule has 1 aromatic carbocycles. The number of anilines is 2. The van der Waals surface area contributed by atoms with Crippen LogP contribution in [-0.2, 0) is 33.9 Å². The maximum atomic E-state index is 13.2. The van der Waals surface area contributed by atoms with Crippen molar-refractivity contribution < 1.29 is 46.3 Å². The van der Waals surface area contributed by atoms with Crippen LogP contribution in [0.1, 0.15) is 19.5 Å². The maximum absolute atomic E-state index is 13.2. The van der Waals surface area contributed by atoms with E-state index in [1.807, 2.05) is 0 Å². The number of aromatic nitrogens is 2. The highest BCUT2D eigenvalue weighted by Crippen LogP contribution is 2.33. The van der Waals surface area contributed by atoms with E-state index in [2.05, 4.69) is 40.4 Å².